The molecule has 0 saturated carbocycles. The monoisotopic (exact) mass is 340 g/mol. The van der Waals surface area contributed by atoms with Crippen LogP contribution >= 0.6 is 11.8 Å². The number of benzene rings is 2. The first-order chi connectivity index (χ1) is 11.8. The van der Waals surface area contributed by atoms with Crippen molar-refractivity contribution in [3.05, 3.63) is 47.8 Å². The molecule has 3 aliphatic heterocycles. The second-order valence-electron chi connectivity index (χ2n) is 6.98. The summed E-state index contributed by atoms with van der Waals surface area (Å²) in [5.41, 5.74) is 5.32. The molecular formula is C20H21FN2S. The van der Waals surface area contributed by atoms with Crippen molar-refractivity contribution in [2.45, 2.75) is 29.7 Å². The minimum atomic E-state index is -0.171. The van der Waals surface area contributed by atoms with Crippen molar-refractivity contribution in [1.29, 1.82) is 0 Å². The van der Waals surface area contributed by atoms with Crippen LogP contribution in [0.25, 0.3) is 11.1 Å². The number of fused-ring (bicyclic) bond motifs is 3. The van der Waals surface area contributed by atoms with Crippen LogP contribution in [-0.4, -0.2) is 31.4 Å². The maximum absolute atomic E-state index is 13.3. The Kier molecular flexibility index (Phi) is 3.56. The molecule has 0 radical (unpaired) electrons. The fourth-order valence-electron chi connectivity index (χ4n) is 4.53. The van der Waals surface area contributed by atoms with E-state index in [1.807, 2.05) is 23.9 Å². The summed E-state index contributed by atoms with van der Waals surface area (Å²) < 4.78 is 13.3. The summed E-state index contributed by atoms with van der Waals surface area (Å²) in [6.45, 7) is 3.38. The van der Waals surface area contributed by atoms with E-state index < -0.39 is 0 Å². The highest BCUT2D eigenvalue weighted by Gasteiger charge is 2.41. The van der Waals surface area contributed by atoms with E-state index in [1.54, 1.807) is 12.1 Å². The predicted molar refractivity (Wildman–Crippen MR) is 98.5 cm³/mol. The molecule has 0 aromatic heterocycles. The van der Waals surface area contributed by atoms with Gasteiger partial charge in [-0.05, 0) is 66.1 Å². The highest BCUT2D eigenvalue weighted by Crippen LogP contribution is 2.51. The number of nitrogens with zero attached hydrogens (tertiary/aromatic N) is 1. The van der Waals surface area contributed by atoms with Gasteiger partial charge in [0.05, 0.1) is 5.69 Å². The first kappa shape index (κ1) is 14.8. The molecule has 1 fully saturated rings. The second-order valence-corrected chi connectivity index (χ2v) is 8.12. The number of piperidine rings is 1. The standard InChI is InChI=1S/C20H21FN2S/c21-15-4-2-13(3-5-15)14-10-16-17-12-22-7-6-18(17)23-8-1-9-24-19(11-14)20(16)23/h2-5,10-11,17-18,22H,1,6-9,12H2. The third-order valence-corrected chi connectivity index (χ3v) is 6.73. The van der Waals surface area contributed by atoms with Gasteiger partial charge in [0.25, 0.3) is 0 Å². The Hall–Kier alpha value is -1.52. The van der Waals surface area contributed by atoms with E-state index in [0.29, 0.717) is 12.0 Å². The molecule has 0 spiro atoms. The molecule has 1 N–H and O–H groups in total. The third kappa shape index (κ3) is 2.27. The van der Waals surface area contributed by atoms with Crippen molar-refractivity contribution in [3.63, 3.8) is 0 Å². The molecule has 0 amide bonds. The number of nitrogens with one attached hydrogen (secondary N) is 1. The highest BCUT2D eigenvalue weighted by molar-refractivity contribution is 7.99. The van der Waals surface area contributed by atoms with Crippen LogP contribution in [0.4, 0.5) is 10.1 Å². The third-order valence-electron chi connectivity index (χ3n) is 5.62. The quantitative estimate of drug-likeness (QED) is 0.835. The number of halogens is 1. The Bertz CT molecular complexity index is 774. The minimum Gasteiger partial charge on any atom is -0.367 e. The topological polar surface area (TPSA) is 15.3 Å². The molecule has 2 atom stereocenters. The van der Waals surface area contributed by atoms with E-state index in [9.17, 15) is 4.39 Å². The average Bonchev–Trinajstić information content (AvgIpc) is 2.78. The Balaban J connectivity index is 1.67. The highest BCUT2D eigenvalue weighted by atomic mass is 32.2. The van der Waals surface area contributed by atoms with Gasteiger partial charge in [0.2, 0.25) is 0 Å². The summed E-state index contributed by atoms with van der Waals surface area (Å²) in [7, 11) is 0. The molecule has 24 heavy (non-hydrogen) atoms. The Morgan fingerprint density at radius 2 is 2.00 bits per heavy atom. The molecular weight excluding hydrogens is 319 g/mol. The Morgan fingerprint density at radius 3 is 2.88 bits per heavy atom. The smallest absolute Gasteiger partial charge is 0.123 e. The summed E-state index contributed by atoms with van der Waals surface area (Å²) >= 11 is 1.99. The number of hydrogen-bond donors (Lipinski definition) is 1. The van der Waals surface area contributed by atoms with Crippen molar-refractivity contribution in [3.8, 4) is 11.1 Å². The number of hydrogen-bond acceptors (Lipinski definition) is 3. The molecule has 2 aromatic rings. The molecule has 4 heteroatoms. The summed E-state index contributed by atoms with van der Waals surface area (Å²) in [6.07, 6.45) is 2.48. The molecule has 3 heterocycles. The van der Waals surface area contributed by atoms with Gasteiger partial charge < -0.3 is 10.2 Å². The first-order valence-electron chi connectivity index (χ1n) is 8.85. The van der Waals surface area contributed by atoms with Gasteiger partial charge in [0, 0.05) is 29.9 Å². The predicted octanol–water partition coefficient (Wildman–Crippen LogP) is 4.25. The van der Waals surface area contributed by atoms with Crippen molar-refractivity contribution in [2.75, 3.05) is 30.3 Å². The minimum absolute atomic E-state index is 0.171. The zero-order valence-corrected chi connectivity index (χ0v) is 14.4. The molecule has 2 aromatic carbocycles. The van der Waals surface area contributed by atoms with Crippen LogP contribution in [0.2, 0.25) is 0 Å². The van der Waals surface area contributed by atoms with E-state index >= 15 is 0 Å². The summed E-state index contributed by atoms with van der Waals surface area (Å²) in [5.74, 6) is 1.60. The van der Waals surface area contributed by atoms with Gasteiger partial charge >= 0.3 is 0 Å². The van der Waals surface area contributed by atoms with Gasteiger partial charge in [-0.3, -0.25) is 0 Å². The van der Waals surface area contributed by atoms with Crippen LogP contribution in [0.5, 0.6) is 0 Å². The maximum Gasteiger partial charge on any atom is 0.123 e. The fraction of sp³-hybridized carbons (Fsp3) is 0.400. The molecule has 124 valence electrons. The van der Waals surface area contributed by atoms with Crippen LogP contribution in [0.1, 0.15) is 24.3 Å². The molecule has 2 unspecified atom stereocenters. The van der Waals surface area contributed by atoms with Crippen LogP contribution in [-0.2, 0) is 0 Å². The molecule has 1 saturated heterocycles. The van der Waals surface area contributed by atoms with Crippen LogP contribution in [0.15, 0.2) is 41.3 Å². The van der Waals surface area contributed by atoms with E-state index in [2.05, 4.69) is 22.3 Å². The summed E-state index contributed by atoms with van der Waals surface area (Å²) in [5, 5.41) is 3.58. The lowest BCUT2D eigenvalue weighted by Gasteiger charge is -2.33. The van der Waals surface area contributed by atoms with Crippen LogP contribution in [0, 0.1) is 5.82 Å². The van der Waals surface area contributed by atoms with Crippen molar-refractivity contribution < 1.29 is 4.39 Å². The molecule has 2 nitrogen and oxygen atoms in total. The zero-order valence-electron chi connectivity index (χ0n) is 13.6. The van der Waals surface area contributed by atoms with Gasteiger partial charge in [-0.2, -0.15) is 0 Å². The van der Waals surface area contributed by atoms with Gasteiger partial charge in [0.15, 0.2) is 0 Å². The zero-order chi connectivity index (χ0) is 16.1. The van der Waals surface area contributed by atoms with E-state index in [4.69, 9.17) is 0 Å². The lowest BCUT2D eigenvalue weighted by atomic mass is 9.88. The lowest BCUT2D eigenvalue weighted by molar-refractivity contribution is 0.403. The van der Waals surface area contributed by atoms with Gasteiger partial charge in [-0.15, -0.1) is 11.8 Å². The Labute approximate surface area is 146 Å². The normalized spacial score (nSPS) is 25.1. The molecule has 3 aliphatic rings. The maximum atomic E-state index is 13.3. The number of rotatable bonds is 1. The SMILES string of the molecule is Fc1ccc(-c2cc3c4c(c2)C2CNCCC2N4CCCS3)cc1. The van der Waals surface area contributed by atoms with E-state index in [-0.39, 0.29) is 5.82 Å². The van der Waals surface area contributed by atoms with E-state index in [0.717, 1.165) is 18.7 Å². The summed E-state index contributed by atoms with van der Waals surface area (Å²) in [6, 6.07) is 12.3. The van der Waals surface area contributed by atoms with Crippen LogP contribution < -0.4 is 10.2 Å². The van der Waals surface area contributed by atoms with Gasteiger partial charge in [-0.25, -0.2) is 4.39 Å². The average molecular weight is 340 g/mol. The summed E-state index contributed by atoms with van der Waals surface area (Å²) in [4.78, 5) is 4.10. The van der Waals surface area contributed by atoms with Gasteiger partial charge in [-0.1, -0.05) is 12.1 Å². The Morgan fingerprint density at radius 1 is 1.12 bits per heavy atom. The number of anilines is 1. The van der Waals surface area contributed by atoms with Crippen molar-refractivity contribution >= 4 is 17.4 Å². The largest absolute Gasteiger partial charge is 0.367 e. The molecule has 0 aliphatic carbocycles. The van der Waals surface area contributed by atoms with Crippen molar-refractivity contribution in [2.24, 2.45) is 0 Å². The molecule has 0 bridgehead atoms. The van der Waals surface area contributed by atoms with Gasteiger partial charge in [0.1, 0.15) is 5.82 Å². The lowest BCUT2D eigenvalue weighted by Crippen LogP contribution is -2.44. The van der Waals surface area contributed by atoms with Crippen molar-refractivity contribution in [1.82, 2.24) is 5.32 Å². The fourth-order valence-corrected chi connectivity index (χ4v) is 5.61. The van der Waals surface area contributed by atoms with E-state index in [1.165, 1.54) is 46.8 Å². The molecule has 5 rings (SSSR count). The number of thioether (sulfide) groups is 1. The second kappa shape index (κ2) is 5.78. The van der Waals surface area contributed by atoms with Crippen LogP contribution in [0.3, 0.4) is 0 Å². The first-order valence-corrected chi connectivity index (χ1v) is 9.84.